The molecular weight excluding hydrogens is 409 g/mol. The molecule has 1 N–H and O–H groups in total. The number of anilines is 1. The van der Waals surface area contributed by atoms with E-state index in [1.807, 2.05) is 0 Å². The second kappa shape index (κ2) is 6.98. The van der Waals surface area contributed by atoms with Crippen LogP contribution in [0, 0.1) is 11.6 Å². The molecule has 0 radical (unpaired) electrons. The number of nitrogens with one attached hydrogen (secondary N) is 1. The van der Waals surface area contributed by atoms with E-state index >= 15 is 0 Å². The van der Waals surface area contributed by atoms with Gasteiger partial charge in [0, 0.05) is 29.3 Å². The molecule has 1 unspecified atom stereocenters. The van der Waals surface area contributed by atoms with Gasteiger partial charge >= 0.3 is 11.3 Å². The average molecular weight is 420 g/mol. The summed E-state index contributed by atoms with van der Waals surface area (Å²) in [6, 6.07) is 8.52. The number of aromatic nitrogens is 2. The van der Waals surface area contributed by atoms with E-state index < -0.39 is 30.2 Å². The minimum Gasteiger partial charge on any atom is -0.333 e. The largest absolute Gasteiger partial charge is 0.400 e. The molecule has 5 nitrogen and oxygen atoms in total. The molecular formula is C16H11ClF4N3O2P. The Morgan fingerprint density at radius 2 is 1.70 bits per heavy atom. The summed E-state index contributed by atoms with van der Waals surface area (Å²) in [6.07, 6.45) is 0. The van der Waals surface area contributed by atoms with Gasteiger partial charge in [-0.3, -0.25) is 4.57 Å². The fourth-order valence-corrected chi connectivity index (χ4v) is 3.83. The lowest BCUT2D eigenvalue weighted by Crippen LogP contribution is -2.10. The van der Waals surface area contributed by atoms with Crippen LogP contribution in [0.5, 0.6) is 0 Å². The van der Waals surface area contributed by atoms with Crippen molar-refractivity contribution in [2.45, 2.75) is 5.38 Å². The molecule has 142 valence electrons. The Hall–Kier alpha value is -2.38. The van der Waals surface area contributed by atoms with Gasteiger partial charge in [0.2, 0.25) is 5.82 Å². The van der Waals surface area contributed by atoms with Crippen LogP contribution < -0.4 is 10.4 Å². The maximum Gasteiger partial charge on any atom is 0.400 e. The summed E-state index contributed by atoms with van der Waals surface area (Å²) in [5.41, 5.74) is 0.348. The van der Waals surface area contributed by atoms with Gasteiger partial charge in [-0.15, -0.1) is 0 Å². The van der Waals surface area contributed by atoms with E-state index in [9.17, 15) is 22.1 Å². The molecule has 0 fully saturated rings. The monoisotopic (exact) mass is 419 g/mol. The Balaban J connectivity index is 1.83. The highest BCUT2D eigenvalue weighted by Gasteiger charge is 2.35. The number of nitrogens with zero attached hydrogens (tertiary/aromatic N) is 2. The zero-order valence-corrected chi connectivity index (χ0v) is 15.2. The lowest BCUT2D eigenvalue weighted by molar-refractivity contribution is 0.0551. The van der Waals surface area contributed by atoms with Gasteiger partial charge < -0.3 is 9.61 Å². The van der Waals surface area contributed by atoms with Gasteiger partial charge in [-0.1, -0.05) is 17.3 Å². The maximum absolute atomic E-state index is 13.3. The summed E-state index contributed by atoms with van der Waals surface area (Å²) in [7, 11) is -3.23. The van der Waals surface area contributed by atoms with Crippen molar-refractivity contribution in [3.63, 3.8) is 0 Å². The molecule has 0 saturated carbocycles. The van der Waals surface area contributed by atoms with Gasteiger partial charge in [-0.2, -0.15) is 13.8 Å². The van der Waals surface area contributed by atoms with Crippen LogP contribution in [0.15, 0.2) is 47.0 Å². The third-order valence-corrected chi connectivity index (χ3v) is 5.62. The highest BCUT2D eigenvalue weighted by atomic mass is 35.5. The van der Waals surface area contributed by atoms with Crippen molar-refractivity contribution >= 4 is 29.9 Å². The molecule has 1 aromatic heterocycles. The summed E-state index contributed by atoms with van der Waals surface area (Å²) in [4.78, 5) is 3.50. The first kappa shape index (κ1) is 19.4. The van der Waals surface area contributed by atoms with Crippen molar-refractivity contribution in [3.05, 3.63) is 60.0 Å². The van der Waals surface area contributed by atoms with Gasteiger partial charge in [-0.25, -0.2) is 8.78 Å². The van der Waals surface area contributed by atoms with E-state index in [4.69, 9.17) is 11.6 Å². The molecule has 0 aliphatic heterocycles. The van der Waals surface area contributed by atoms with Gasteiger partial charge in [-0.05, 0) is 35.9 Å². The van der Waals surface area contributed by atoms with Crippen molar-refractivity contribution in [2.24, 2.45) is 0 Å². The first-order valence-corrected chi connectivity index (χ1v) is 9.91. The van der Waals surface area contributed by atoms with E-state index in [0.717, 1.165) is 12.1 Å². The quantitative estimate of drug-likeness (QED) is 0.360. The number of hydrogen-bond donors (Lipinski definition) is 1. The topological polar surface area (TPSA) is 68.0 Å². The summed E-state index contributed by atoms with van der Waals surface area (Å²) in [6.45, 7) is 1.38. The lowest BCUT2D eigenvalue weighted by Gasteiger charge is -2.17. The normalized spacial score (nSPS) is 14.0. The molecule has 2 aromatic carbocycles. The van der Waals surface area contributed by atoms with Crippen LogP contribution in [0.2, 0.25) is 0 Å². The number of alkyl halides is 3. The van der Waals surface area contributed by atoms with Crippen LogP contribution >= 0.6 is 18.9 Å². The predicted octanol–water partition coefficient (Wildman–Crippen LogP) is 4.95. The first-order chi connectivity index (χ1) is 12.5. The Morgan fingerprint density at radius 1 is 1.11 bits per heavy atom. The smallest absolute Gasteiger partial charge is 0.333 e. The Kier molecular flexibility index (Phi) is 5.01. The third kappa shape index (κ3) is 4.48. The fourth-order valence-electron chi connectivity index (χ4n) is 2.28. The Labute approximate surface area is 155 Å². The van der Waals surface area contributed by atoms with Gasteiger partial charge in [0.1, 0.15) is 11.6 Å². The van der Waals surface area contributed by atoms with E-state index in [2.05, 4.69) is 19.8 Å². The Morgan fingerprint density at radius 3 is 2.22 bits per heavy atom. The number of hydrogen-bond acceptors (Lipinski definition) is 4. The van der Waals surface area contributed by atoms with Crippen LogP contribution in [-0.4, -0.2) is 16.8 Å². The summed E-state index contributed by atoms with van der Waals surface area (Å²) < 4.78 is 69.7. The van der Waals surface area contributed by atoms with Crippen LogP contribution in [0.25, 0.3) is 11.4 Å². The van der Waals surface area contributed by atoms with Gasteiger partial charge in [0.05, 0.1) is 0 Å². The highest BCUT2D eigenvalue weighted by Crippen LogP contribution is 2.41. The lowest BCUT2D eigenvalue weighted by atomic mass is 10.2. The molecule has 1 atom stereocenters. The molecule has 3 aromatic rings. The second-order valence-corrected chi connectivity index (χ2v) is 8.72. The number of rotatable bonds is 5. The molecule has 0 aliphatic rings. The van der Waals surface area contributed by atoms with Gasteiger partial charge in [0.25, 0.3) is 0 Å². The summed E-state index contributed by atoms with van der Waals surface area (Å²) in [5, 5.41) is 2.57. The van der Waals surface area contributed by atoms with Crippen LogP contribution in [0.1, 0.15) is 5.89 Å². The molecule has 27 heavy (non-hydrogen) atoms. The standard InChI is InChI=1S/C16H11ClF4N3O2P/c1-27(25,24-12-7-10(18)6-11(19)8-12)13-4-2-9(3-5-13)14-22-15(26-23-14)16(17,20)21/h2-8H,1H3,(H,24,25). The molecule has 0 spiro atoms. The SMILES string of the molecule is CP(=O)(Nc1cc(F)cc(F)c1)c1ccc(-c2noc(C(F)(F)Cl)n2)cc1. The Bertz CT molecular complexity index is 1000. The number of benzene rings is 2. The molecule has 0 saturated heterocycles. The van der Waals surface area contributed by atoms with Crippen molar-refractivity contribution < 1.29 is 26.6 Å². The molecule has 1 heterocycles. The maximum atomic E-state index is 13.3. The van der Waals surface area contributed by atoms with Gasteiger partial charge in [0.15, 0.2) is 7.29 Å². The predicted molar refractivity (Wildman–Crippen MR) is 92.6 cm³/mol. The molecule has 3 rings (SSSR count). The molecule has 0 aliphatic carbocycles. The molecule has 0 bridgehead atoms. The minimum atomic E-state index is -3.78. The first-order valence-electron chi connectivity index (χ1n) is 7.38. The minimum absolute atomic E-state index is 0.0227. The van der Waals surface area contributed by atoms with E-state index in [0.29, 0.717) is 16.9 Å². The van der Waals surface area contributed by atoms with Crippen molar-refractivity contribution in [1.82, 2.24) is 10.1 Å². The number of halogens is 5. The average Bonchev–Trinajstić information content (AvgIpc) is 3.03. The zero-order valence-electron chi connectivity index (χ0n) is 13.6. The van der Waals surface area contributed by atoms with E-state index in [1.165, 1.54) is 30.9 Å². The van der Waals surface area contributed by atoms with Crippen molar-refractivity contribution in [2.75, 3.05) is 11.8 Å². The fraction of sp³-hybridized carbons (Fsp3) is 0.125. The third-order valence-electron chi connectivity index (χ3n) is 3.49. The zero-order chi connectivity index (χ0) is 19.8. The van der Waals surface area contributed by atoms with Crippen LogP contribution in [0.3, 0.4) is 0 Å². The van der Waals surface area contributed by atoms with E-state index in [-0.39, 0.29) is 11.5 Å². The second-order valence-electron chi connectivity index (χ2n) is 5.66. The van der Waals surface area contributed by atoms with Crippen molar-refractivity contribution in [3.8, 4) is 11.4 Å². The van der Waals surface area contributed by atoms with Crippen LogP contribution in [-0.2, 0) is 9.95 Å². The summed E-state index contributed by atoms with van der Waals surface area (Å²) >= 11 is 4.82. The molecule has 11 heteroatoms. The highest BCUT2D eigenvalue weighted by molar-refractivity contribution is 7.72. The van der Waals surface area contributed by atoms with E-state index in [1.54, 1.807) is 0 Å². The molecule has 0 amide bonds. The van der Waals surface area contributed by atoms with Crippen molar-refractivity contribution in [1.29, 1.82) is 0 Å². The summed E-state index contributed by atoms with van der Waals surface area (Å²) in [5.74, 6) is -2.78. The van der Waals surface area contributed by atoms with Crippen LogP contribution in [0.4, 0.5) is 23.2 Å².